The Labute approximate surface area is 230 Å². The summed E-state index contributed by atoms with van der Waals surface area (Å²) in [5.41, 5.74) is 0.804. The number of nitrogens with one attached hydrogen (secondary N) is 2. The second kappa shape index (κ2) is 12.2. The maximum atomic E-state index is 13.2. The normalized spacial score (nSPS) is 17.3. The molecule has 1 atom stereocenters. The number of sulfonamides is 1. The molecule has 0 aliphatic heterocycles. The van der Waals surface area contributed by atoms with Crippen LogP contribution >= 0.6 is 0 Å². The van der Waals surface area contributed by atoms with Crippen LogP contribution < -0.4 is 20.3 Å². The Balaban J connectivity index is 1.57. The van der Waals surface area contributed by atoms with Gasteiger partial charge in [-0.25, -0.2) is 13.6 Å². The third kappa shape index (κ3) is 7.61. The lowest BCUT2D eigenvalue weighted by Crippen LogP contribution is -2.48. The highest BCUT2D eigenvalue weighted by atomic mass is 32.2. The number of hydrogen-bond donors (Lipinski definition) is 3. The molecule has 4 N–H and O–H groups in total. The molecule has 1 aromatic heterocycles. The first-order valence-corrected chi connectivity index (χ1v) is 14.9. The maximum Gasteiger partial charge on any atom is 0.528 e. The van der Waals surface area contributed by atoms with Crippen molar-refractivity contribution in [1.82, 2.24) is 19.4 Å². The van der Waals surface area contributed by atoms with Gasteiger partial charge in [0.15, 0.2) is 0 Å². The van der Waals surface area contributed by atoms with Crippen LogP contribution in [0.25, 0.3) is 0 Å². The zero-order valence-corrected chi connectivity index (χ0v) is 23.6. The molecule has 1 amide bonds. The number of nitrogens with zero attached hydrogens (tertiary/aromatic N) is 4. The van der Waals surface area contributed by atoms with Gasteiger partial charge in [-0.05, 0) is 68.4 Å². The number of nitrogens with two attached hydrogens (primary N) is 1. The van der Waals surface area contributed by atoms with Crippen LogP contribution in [0.4, 0.5) is 22.6 Å². The molecule has 2 aliphatic rings. The quantitative estimate of drug-likeness (QED) is 0.381. The third-order valence-corrected chi connectivity index (χ3v) is 8.09. The van der Waals surface area contributed by atoms with Crippen LogP contribution in [-0.4, -0.2) is 49.6 Å². The van der Waals surface area contributed by atoms with Crippen LogP contribution in [0, 0.1) is 5.92 Å². The Bertz CT molecular complexity index is 1330. The monoisotopic (exact) mass is 556 g/mol. The summed E-state index contributed by atoms with van der Waals surface area (Å²) in [6, 6.07) is 6.39. The van der Waals surface area contributed by atoms with Crippen molar-refractivity contribution in [1.29, 1.82) is 0 Å². The summed E-state index contributed by atoms with van der Waals surface area (Å²) in [5, 5.41) is 11.8. The number of anilines is 2. The van der Waals surface area contributed by atoms with Gasteiger partial charge in [0.2, 0.25) is 21.9 Å². The average Bonchev–Trinajstić information content (AvgIpc) is 2.92. The topological polar surface area (TPSA) is 149 Å². The largest absolute Gasteiger partial charge is 0.528 e. The molecule has 0 saturated heterocycles. The fourth-order valence-corrected chi connectivity index (χ4v) is 5.17. The van der Waals surface area contributed by atoms with Gasteiger partial charge in [0.25, 0.3) is 0 Å². The molecule has 1 heterocycles. The number of hydrogen-bond acceptors (Lipinski definition) is 9. The number of carbonyl (C=O) groups excluding carboxylic acids is 1. The predicted octanol–water partition coefficient (Wildman–Crippen LogP) is 4.45. The minimum absolute atomic E-state index is 0.0392. The Morgan fingerprint density at radius 3 is 2.41 bits per heavy atom. The Kier molecular flexibility index (Phi) is 8.98. The summed E-state index contributed by atoms with van der Waals surface area (Å²) in [6.45, 7) is 2.46. The highest BCUT2D eigenvalue weighted by Gasteiger charge is 2.37. The minimum Gasteiger partial charge on any atom is -0.381 e. The van der Waals surface area contributed by atoms with Crippen LogP contribution in [0.15, 0.2) is 53.1 Å². The van der Waals surface area contributed by atoms with E-state index in [1.54, 1.807) is 32.3 Å². The van der Waals surface area contributed by atoms with Crippen LogP contribution in [0.3, 0.4) is 0 Å². The first kappa shape index (κ1) is 28.7. The highest BCUT2D eigenvalue weighted by molar-refractivity contribution is 7.89. The SMILES string of the molecule is CC(Nc1nc(NCc2ccc(S(N)(=O)=O)cc2)nc([N+](C)(C)C(=O)OC2=CCCC=C2)n1)C1CCCCC1. The van der Waals surface area contributed by atoms with Crippen molar-refractivity contribution >= 4 is 34.0 Å². The summed E-state index contributed by atoms with van der Waals surface area (Å²) in [6.07, 6.45) is 12.9. The van der Waals surface area contributed by atoms with Crippen LogP contribution in [0.5, 0.6) is 0 Å². The third-order valence-electron chi connectivity index (χ3n) is 7.16. The van der Waals surface area contributed by atoms with E-state index in [-0.39, 0.29) is 27.3 Å². The molecular weight excluding hydrogens is 518 g/mol. The number of rotatable bonds is 9. The van der Waals surface area contributed by atoms with E-state index in [0.717, 1.165) is 31.2 Å². The summed E-state index contributed by atoms with van der Waals surface area (Å²) in [5.74, 6) is 1.91. The Morgan fingerprint density at radius 1 is 1.08 bits per heavy atom. The van der Waals surface area contributed by atoms with E-state index >= 15 is 0 Å². The molecule has 0 bridgehead atoms. The number of quaternary nitrogens is 1. The van der Waals surface area contributed by atoms with E-state index < -0.39 is 16.1 Å². The fraction of sp³-hybridized carbons (Fsp3) is 0.481. The maximum absolute atomic E-state index is 13.2. The van der Waals surface area contributed by atoms with Crippen LogP contribution in [0.2, 0.25) is 0 Å². The second-order valence-corrected chi connectivity index (χ2v) is 12.1. The molecule has 11 nitrogen and oxygen atoms in total. The number of primary sulfonamides is 1. The number of amides is 1. The molecule has 0 spiro atoms. The first-order valence-electron chi connectivity index (χ1n) is 13.3. The lowest BCUT2D eigenvalue weighted by Gasteiger charge is -2.28. The molecule has 210 valence electrons. The number of allylic oxidation sites excluding steroid dienone is 3. The van der Waals surface area contributed by atoms with Crippen molar-refractivity contribution in [3.8, 4) is 0 Å². The summed E-state index contributed by atoms with van der Waals surface area (Å²) in [4.78, 5) is 27.0. The zero-order valence-electron chi connectivity index (χ0n) is 22.8. The van der Waals surface area contributed by atoms with Gasteiger partial charge in [0.1, 0.15) is 5.76 Å². The van der Waals surface area contributed by atoms with Crippen molar-refractivity contribution in [2.75, 3.05) is 24.7 Å². The molecule has 2 aliphatic carbocycles. The number of carbonyl (C=O) groups is 1. The summed E-state index contributed by atoms with van der Waals surface area (Å²) >= 11 is 0. The molecule has 1 saturated carbocycles. The van der Waals surface area contributed by atoms with Crippen molar-refractivity contribution in [3.05, 3.63) is 53.8 Å². The van der Waals surface area contributed by atoms with Gasteiger partial charge in [0.05, 0.1) is 19.0 Å². The Morgan fingerprint density at radius 2 is 1.77 bits per heavy atom. The van der Waals surface area contributed by atoms with E-state index in [1.165, 1.54) is 31.4 Å². The number of aromatic nitrogens is 3. The van der Waals surface area contributed by atoms with Crippen molar-refractivity contribution in [3.63, 3.8) is 0 Å². The first-order chi connectivity index (χ1) is 18.5. The fourth-order valence-electron chi connectivity index (χ4n) is 4.65. The van der Waals surface area contributed by atoms with Crippen LogP contribution in [-0.2, 0) is 21.3 Å². The lowest BCUT2D eigenvalue weighted by atomic mass is 9.85. The van der Waals surface area contributed by atoms with E-state index in [4.69, 9.17) is 9.88 Å². The molecule has 4 rings (SSSR count). The van der Waals surface area contributed by atoms with Gasteiger partial charge in [0, 0.05) is 12.6 Å². The Hall–Kier alpha value is -3.35. The molecule has 1 aromatic carbocycles. The van der Waals surface area contributed by atoms with E-state index in [1.807, 2.05) is 12.2 Å². The average molecular weight is 557 g/mol. The van der Waals surface area contributed by atoms with Gasteiger partial charge < -0.3 is 15.4 Å². The van der Waals surface area contributed by atoms with Crippen molar-refractivity contribution < 1.29 is 17.9 Å². The van der Waals surface area contributed by atoms with Crippen molar-refractivity contribution in [2.24, 2.45) is 11.1 Å². The smallest absolute Gasteiger partial charge is 0.381 e. The van der Waals surface area contributed by atoms with Gasteiger partial charge in [-0.2, -0.15) is 14.3 Å². The van der Waals surface area contributed by atoms with Crippen LogP contribution in [0.1, 0.15) is 57.4 Å². The van der Waals surface area contributed by atoms with E-state index in [0.29, 0.717) is 24.2 Å². The van der Waals surface area contributed by atoms with E-state index in [2.05, 4.69) is 32.5 Å². The standard InChI is InChI=1S/C27H38N7O4S/c1-19(21-10-6-4-7-11-21)30-25-31-24(29-18-20-14-16-23(17-15-20)39(28,36)37)32-26(33-25)34(2,3)27(35)38-22-12-8-5-9-13-22/h8,12-17,19,21H,4-7,9-11,18H2,1-3H3,(H2,28,36,37)(H2,29,30,31,32,33)/q+1. The minimum atomic E-state index is -3.77. The van der Waals surface area contributed by atoms with Gasteiger partial charge in [-0.1, -0.05) is 37.5 Å². The van der Waals surface area contributed by atoms with Gasteiger partial charge >= 0.3 is 12.0 Å². The molecular formula is C27H38N7O4S+. The predicted molar refractivity (Wildman–Crippen MR) is 151 cm³/mol. The summed E-state index contributed by atoms with van der Waals surface area (Å²) in [7, 11) is -0.419. The molecule has 2 aromatic rings. The van der Waals surface area contributed by atoms with Crippen molar-refractivity contribution in [2.45, 2.75) is 69.4 Å². The molecule has 12 heteroatoms. The lowest BCUT2D eigenvalue weighted by molar-refractivity contribution is 0.147. The summed E-state index contributed by atoms with van der Waals surface area (Å²) < 4.78 is 28.4. The zero-order chi connectivity index (χ0) is 28.0. The number of ether oxygens (including phenoxy) is 1. The molecule has 1 fully saturated rings. The van der Waals surface area contributed by atoms with E-state index in [9.17, 15) is 13.2 Å². The second-order valence-electron chi connectivity index (χ2n) is 10.6. The molecule has 0 radical (unpaired) electrons. The number of benzene rings is 1. The van der Waals surface area contributed by atoms with Gasteiger partial charge in [-0.3, -0.25) is 0 Å². The molecule has 1 unspecified atom stereocenters. The highest BCUT2D eigenvalue weighted by Crippen LogP contribution is 2.28. The van der Waals surface area contributed by atoms with Gasteiger partial charge in [-0.15, -0.1) is 9.97 Å². The molecule has 39 heavy (non-hydrogen) atoms.